The standard InChI is InChI=1S/C14H15FN4O2/c1-21-14(20)17-13-7-6-12(18-19-13)16-9-8-10-2-4-11(15)5-3-10/h2-7H,8-9H2,1H3,(H,16,18)(H,17,19,20). The minimum Gasteiger partial charge on any atom is -0.453 e. The van der Waals surface area contributed by atoms with E-state index in [9.17, 15) is 9.18 Å². The fraction of sp³-hybridized carbons (Fsp3) is 0.214. The SMILES string of the molecule is COC(=O)Nc1ccc(NCCc2ccc(F)cc2)nn1. The van der Waals surface area contributed by atoms with Gasteiger partial charge >= 0.3 is 6.09 Å². The Morgan fingerprint density at radius 2 is 1.81 bits per heavy atom. The molecule has 0 spiro atoms. The van der Waals surface area contributed by atoms with Gasteiger partial charge in [0.05, 0.1) is 7.11 Å². The van der Waals surface area contributed by atoms with Gasteiger partial charge in [0.25, 0.3) is 0 Å². The molecule has 0 radical (unpaired) electrons. The molecule has 0 unspecified atom stereocenters. The quantitative estimate of drug-likeness (QED) is 0.884. The third-order valence-corrected chi connectivity index (χ3v) is 2.71. The van der Waals surface area contributed by atoms with Gasteiger partial charge < -0.3 is 10.1 Å². The second kappa shape index (κ2) is 7.18. The summed E-state index contributed by atoms with van der Waals surface area (Å²) in [5, 5.41) is 13.2. The van der Waals surface area contributed by atoms with Crippen LogP contribution in [0.2, 0.25) is 0 Å². The van der Waals surface area contributed by atoms with E-state index in [2.05, 4.69) is 25.6 Å². The van der Waals surface area contributed by atoms with Crippen LogP contribution < -0.4 is 10.6 Å². The van der Waals surface area contributed by atoms with E-state index in [1.807, 2.05) is 0 Å². The third kappa shape index (κ3) is 4.72. The van der Waals surface area contributed by atoms with E-state index in [1.165, 1.54) is 19.2 Å². The number of anilines is 2. The molecule has 6 nitrogen and oxygen atoms in total. The molecule has 1 amide bonds. The molecule has 0 aliphatic heterocycles. The normalized spacial score (nSPS) is 10.0. The van der Waals surface area contributed by atoms with Crippen molar-refractivity contribution in [1.29, 1.82) is 0 Å². The lowest BCUT2D eigenvalue weighted by Gasteiger charge is -2.06. The largest absolute Gasteiger partial charge is 0.453 e. The first kappa shape index (κ1) is 14.7. The summed E-state index contributed by atoms with van der Waals surface area (Å²) >= 11 is 0. The number of methoxy groups -OCH3 is 1. The van der Waals surface area contributed by atoms with Gasteiger partial charge in [-0.3, -0.25) is 5.32 Å². The van der Waals surface area contributed by atoms with Crippen molar-refractivity contribution < 1.29 is 13.9 Å². The predicted molar refractivity (Wildman–Crippen MR) is 76.7 cm³/mol. The van der Waals surface area contributed by atoms with Crippen molar-refractivity contribution in [3.63, 3.8) is 0 Å². The van der Waals surface area contributed by atoms with Gasteiger partial charge in [0.2, 0.25) is 0 Å². The molecule has 0 atom stereocenters. The Balaban J connectivity index is 1.80. The Bertz CT molecular complexity index is 587. The molecule has 21 heavy (non-hydrogen) atoms. The smallest absolute Gasteiger partial charge is 0.412 e. The van der Waals surface area contributed by atoms with Crippen LogP contribution in [0.4, 0.5) is 20.8 Å². The summed E-state index contributed by atoms with van der Waals surface area (Å²) in [6.45, 7) is 0.643. The molecule has 1 heterocycles. The van der Waals surface area contributed by atoms with Crippen LogP contribution in [0.25, 0.3) is 0 Å². The molecule has 1 aromatic heterocycles. The maximum atomic E-state index is 12.8. The summed E-state index contributed by atoms with van der Waals surface area (Å²) in [7, 11) is 1.27. The van der Waals surface area contributed by atoms with Gasteiger partial charge in [0.15, 0.2) is 5.82 Å². The number of ether oxygens (including phenoxy) is 1. The number of halogens is 1. The van der Waals surface area contributed by atoms with Crippen molar-refractivity contribution >= 4 is 17.7 Å². The number of aromatic nitrogens is 2. The number of nitrogens with one attached hydrogen (secondary N) is 2. The summed E-state index contributed by atoms with van der Waals surface area (Å²) in [5.74, 6) is 0.657. The van der Waals surface area contributed by atoms with E-state index in [0.717, 1.165) is 12.0 Å². The molecular formula is C14H15FN4O2. The molecule has 0 fully saturated rings. The van der Waals surface area contributed by atoms with Gasteiger partial charge in [0.1, 0.15) is 11.6 Å². The number of rotatable bonds is 5. The van der Waals surface area contributed by atoms with Crippen LogP contribution in [0.1, 0.15) is 5.56 Å². The fourth-order valence-electron chi connectivity index (χ4n) is 1.63. The average molecular weight is 290 g/mol. The first-order valence-corrected chi connectivity index (χ1v) is 6.34. The number of benzene rings is 1. The van der Waals surface area contributed by atoms with Crippen LogP contribution in [-0.2, 0) is 11.2 Å². The Kier molecular flexibility index (Phi) is 5.03. The second-order valence-electron chi connectivity index (χ2n) is 4.22. The number of amides is 1. The number of nitrogens with zero attached hydrogens (tertiary/aromatic N) is 2. The van der Waals surface area contributed by atoms with Crippen LogP contribution in [0.3, 0.4) is 0 Å². The van der Waals surface area contributed by atoms with E-state index < -0.39 is 6.09 Å². The van der Waals surface area contributed by atoms with Crippen LogP contribution in [-0.4, -0.2) is 29.9 Å². The van der Waals surface area contributed by atoms with Crippen molar-refractivity contribution in [2.24, 2.45) is 0 Å². The highest BCUT2D eigenvalue weighted by atomic mass is 19.1. The number of hydrogen-bond acceptors (Lipinski definition) is 5. The summed E-state index contributed by atoms with van der Waals surface area (Å²) in [5.41, 5.74) is 1.03. The molecule has 1 aromatic carbocycles. The van der Waals surface area contributed by atoms with Gasteiger partial charge in [-0.1, -0.05) is 12.1 Å². The van der Waals surface area contributed by atoms with Crippen LogP contribution in [0.5, 0.6) is 0 Å². The lowest BCUT2D eigenvalue weighted by molar-refractivity contribution is 0.187. The van der Waals surface area contributed by atoms with Gasteiger partial charge in [-0.15, -0.1) is 10.2 Å². The third-order valence-electron chi connectivity index (χ3n) is 2.71. The Hall–Kier alpha value is -2.70. The summed E-state index contributed by atoms with van der Waals surface area (Å²) in [6, 6.07) is 9.66. The molecule has 2 aromatic rings. The van der Waals surface area contributed by atoms with Gasteiger partial charge in [-0.05, 0) is 36.2 Å². The molecule has 0 saturated carbocycles. The minimum absolute atomic E-state index is 0.244. The monoisotopic (exact) mass is 290 g/mol. The lowest BCUT2D eigenvalue weighted by Crippen LogP contribution is -2.13. The van der Waals surface area contributed by atoms with E-state index in [1.54, 1.807) is 24.3 Å². The highest BCUT2D eigenvalue weighted by molar-refractivity contribution is 5.83. The highest BCUT2D eigenvalue weighted by Crippen LogP contribution is 2.07. The van der Waals surface area contributed by atoms with Gasteiger partial charge in [-0.2, -0.15) is 0 Å². The zero-order chi connectivity index (χ0) is 15.1. The van der Waals surface area contributed by atoms with E-state index in [0.29, 0.717) is 18.2 Å². The van der Waals surface area contributed by atoms with Gasteiger partial charge in [-0.25, -0.2) is 9.18 Å². The first-order chi connectivity index (χ1) is 10.2. The predicted octanol–water partition coefficient (Wildman–Crippen LogP) is 2.45. The molecule has 0 bridgehead atoms. The fourth-order valence-corrected chi connectivity index (χ4v) is 1.63. The molecular weight excluding hydrogens is 275 g/mol. The molecule has 110 valence electrons. The van der Waals surface area contributed by atoms with Gasteiger partial charge in [0, 0.05) is 6.54 Å². The minimum atomic E-state index is -0.596. The van der Waals surface area contributed by atoms with Crippen molar-refractivity contribution in [2.75, 3.05) is 24.3 Å². The van der Waals surface area contributed by atoms with Crippen molar-refractivity contribution in [1.82, 2.24) is 10.2 Å². The topological polar surface area (TPSA) is 76.1 Å². The summed E-state index contributed by atoms with van der Waals surface area (Å²) < 4.78 is 17.2. The van der Waals surface area contributed by atoms with Crippen molar-refractivity contribution in [3.8, 4) is 0 Å². The molecule has 0 aliphatic carbocycles. The zero-order valence-corrected chi connectivity index (χ0v) is 11.5. The van der Waals surface area contributed by atoms with Crippen molar-refractivity contribution in [3.05, 3.63) is 47.8 Å². The molecule has 0 aliphatic rings. The lowest BCUT2D eigenvalue weighted by atomic mass is 10.1. The van der Waals surface area contributed by atoms with E-state index in [-0.39, 0.29) is 5.82 Å². The van der Waals surface area contributed by atoms with Crippen LogP contribution in [0.15, 0.2) is 36.4 Å². The summed E-state index contributed by atoms with van der Waals surface area (Å²) in [6.07, 6.45) is 0.144. The molecule has 7 heteroatoms. The average Bonchev–Trinajstić information content (AvgIpc) is 2.51. The van der Waals surface area contributed by atoms with Crippen LogP contribution in [0, 0.1) is 5.82 Å². The van der Waals surface area contributed by atoms with Crippen molar-refractivity contribution in [2.45, 2.75) is 6.42 Å². The maximum absolute atomic E-state index is 12.8. The molecule has 2 N–H and O–H groups in total. The summed E-state index contributed by atoms with van der Waals surface area (Å²) in [4.78, 5) is 11.0. The maximum Gasteiger partial charge on any atom is 0.412 e. The van der Waals surface area contributed by atoms with E-state index in [4.69, 9.17) is 0 Å². The molecule has 0 saturated heterocycles. The number of hydrogen-bond donors (Lipinski definition) is 2. The molecule has 2 rings (SSSR count). The Labute approximate surface area is 121 Å². The first-order valence-electron chi connectivity index (χ1n) is 6.34. The zero-order valence-electron chi connectivity index (χ0n) is 11.5. The second-order valence-corrected chi connectivity index (χ2v) is 4.22. The number of carbonyl (C=O) groups is 1. The van der Waals surface area contributed by atoms with Crippen LogP contribution >= 0.6 is 0 Å². The van der Waals surface area contributed by atoms with E-state index >= 15 is 0 Å². The Morgan fingerprint density at radius 1 is 1.14 bits per heavy atom. The Morgan fingerprint density at radius 3 is 2.43 bits per heavy atom. The highest BCUT2D eigenvalue weighted by Gasteiger charge is 2.02. The number of carbonyl (C=O) groups excluding carboxylic acids is 1.